The van der Waals surface area contributed by atoms with Crippen molar-refractivity contribution in [3.05, 3.63) is 17.0 Å². The van der Waals surface area contributed by atoms with Crippen LogP contribution in [0.5, 0.6) is 0 Å². The Morgan fingerprint density at radius 2 is 1.95 bits per heavy atom. The highest BCUT2D eigenvalue weighted by Crippen LogP contribution is 2.40. The van der Waals surface area contributed by atoms with Crippen LogP contribution in [0.2, 0.25) is 0 Å². The number of fused-ring (bicyclic) bond motifs is 2. The SMILES string of the molecule is CCc1ccc(S(=O)(=O)N2C3CCC2CC(N)C3)s1. The molecule has 0 radical (unpaired) electrons. The standard InChI is InChI=1S/C13H20N2O2S2/c1-2-12-5-6-13(18-12)19(16,17)15-10-3-4-11(15)8-9(14)7-10/h5-6,9-11H,2-4,7-8,14H2,1H3. The van der Waals surface area contributed by atoms with E-state index < -0.39 is 10.0 Å². The van der Waals surface area contributed by atoms with E-state index >= 15 is 0 Å². The lowest BCUT2D eigenvalue weighted by atomic mass is 10.0. The van der Waals surface area contributed by atoms with Crippen molar-refractivity contribution in [3.8, 4) is 0 Å². The second-order valence-electron chi connectivity index (χ2n) is 5.53. The first-order chi connectivity index (χ1) is 9.02. The summed E-state index contributed by atoms with van der Waals surface area (Å²) in [5.41, 5.74) is 6.01. The number of sulfonamides is 1. The third kappa shape index (κ3) is 2.24. The second-order valence-corrected chi connectivity index (χ2v) is 8.76. The van der Waals surface area contributed by atoms with Crippen molar-refractivity contribution in [2.45, 2.75) is 61.4 Å². The highest BCUT2D eigenvalue weighted by molar-refractivity contribution is 7.91. The van der Waals surface area contributed by atoms with Gasteiger partial charge in [0.1, 0.15) is 4.21 Å². The molecule has 1 aromatic rings. The van der Waals surface area contributed by atoms with Crippen LogP contribution in [0.3, 0.4) is 0 Å². The summed E-state index contributed by atoms with van der Waals surface area (Å²) in [5.74, 6) is 0. The van der Waals surface area contributed by atoms with Crippen molar-refractivity contribution < 1.29 is 8.42 Å². The number of piperidine rings is 1. The molecule has 2 bridgehead atoms. The lowest BCUT2D eigenvalue weighted by molar-refractivity contribution is 0.227. The number of nitrogens with two attached hydrogens (primary N) is 1. The Labute approximate surface area is 118 Å². The summed E-state index contributed by atoms with van der Waals surface area (Å²) in [6.07, 6.45) is 4.43. The van der Waals surface area contributed by atoms with E-state index in [0.29, 0.717) is 4.21 Å². The molecule has 4 nitrogen and oxygen atoms in total. The lowest BCUT2D eigenvalue weighted by Crippen LogP contribution is -2.49. The number of hydrogen-bond donors (Lipinski definition) is 1. The molecule has 2 fully saturated rings. The summed E-state index contributed by atoms with van der Waals surface area (Å²) in [7, 11) is -3.31. The molecule has 6 heteroatoms. The fourth-order valence-corrected chi connectivity index (χ4v) is 6.65. The van der Waals surface area contributed by atoms with Gasteiger partial charge >= 0.3 is 0 Å². The van der Waals surface area contributed by atoms with Gasteiger partial charge in [0.05, 0.1) is 0 Å². The molecule has 2 atom stereocenters. The maximum atomic E-state index is 12.8. The molecule has 3 heterocycles. The number of nitrogens with zero attached hydrogens (tertiary/aromatic N) is 1. The van der Waals surface area contributed by atoms with Gasteiger partial charge in [-0.25, -0.2) is 8.42 Å². The van der Waals surface area contributed by atoms with E-state index in [9.17, 15) is 8.42 Å². The van der Waals surface area contributed by atoms with Gasteiger partial charge in [0.15, 0.2) is 0 Å². The maximum absolute atomic E-state index is 12.8. The second kappa shape index (κ2) is 4.84. The highest BCUT2D eigenvalue weighted by atomic mass is 32.2. The van der Waals surface area contributed by atoms with E-state index in [1.54, 1.807) is 10.4 Å². The fraction of sp³-hybridized carbons (Fsp3) is 0.692. The van der Waals surface area contributed by atoms with E-state index in [-0.39, 0.29) is 18.1 Å². The third-order valence-corrected chi connectivity index (χ3v) is 7.92. The molecule has 2 aliphatic heterocycles. The largest absolute Gasteiger partial charge is 0.328 e. The average Bonchev–Trinajstić information content (AvgIpc) is 2.93. The zero-order valence-corrected chi connectivity index (χ0v) is 12.7. The summed E-state index contributed by atoms with van der Waals surface area (Å²) < 4.78 is 27.8. The molecule has 0 aromatic carbocycles. The monoisotopic (exact) mass is 300 g/mol. The number of rotatable bonds is 3. The van der Waals surface area contributed by atoms with Gasteiger partial charge in [-0.2, -0.15) is 4.31 Å². The molecule has 2 saturated heterocycles. The first kappa shape index (κ1) is 13.5. The molecule has 2 N–H and O–H groups in total. The van der Waals surface area contributed by atoms with Crippen LogP contribution < -0.4 is 5.73 Å². The van der Waals surface area contributed by atoms with Crippen LogP contribution in [-0.2, 0) is 16.4 Å². The Hall–Kier alpha value is -0.430. The molecule has 2 unspecified atom stereocenters. The van der Waals surface area contributed by atoms with Gasteiger partial charge in [-0.3, -0.25) is 0 Å². The van der Waals surface area contributed by atoms with Crippen molar-refractivity contribution >= 4 is 21.4 Å². The minimum atomic E-state index is -3.31. The predicted octanol–water partition coefficient (Wildman–Crippen LogP) is 1.95. The zero-order valence-electron chi connectivity index (χ0n) is 11.1. The summed E-state index contributed by atoms with van der Waals surface area (Å²) in [6, 6.07) is 4.08. The number of thiophene rings is 1. The summed E-state index contributed by atoms with van der Waals surface area (Å²) >= 11 is 1.41. The first-order valence-corrected chi connectivity index (χ1v) is 9.16. The molecule has 0 amide bonds. The van der Waals surface area contributed by atoms with Crippen molar-refractivity contribution in [1.29, 1.82) is 0 Å². The Balaban J connectivity index is 1.93. The van der Waals surface area contributed by atoms with Crippen LogP contribution in [-0.4, -0.2) is 30.8 Å². The van der Waals surface area contributed by atoms with Crippen LogP contribution in [0.1, 0.15) is 37.5 Å². The average molecular weight is 300 g/mol. The molecule has 1 aromatic heterocycles. The molecule has 3 rings (SSSR count). The molecule has 0 spiro atoms. The van der Waals surface area contributed by atoms with E-state index in [1.807, 2.05) is 13.0 Å². The fourth-order valence-electron chi connectivity index (χ4n) is 3.36. The maximum Gasteiger partial charge on any atom is 0.253 e. The molecule has 0 saturated carbocycles. The Morgan fingerprint density at radius 3 is 2.47 bits per heavy atom. The van der Waals surface area contributed by atoms with E-state index in [4.69, 9.17) is 5.73 Å². The minimum absolute atomic E-state index is 0.117. The van der Waals surface area contributed by atoms with Crippen molar-refractivity contribution in [3.63, 3.8) is 0 Å². The Bertz CT molecular complexity index is 553. The van der Waals surface area contributed by atoms with E-state index in [0.717, 1.165) is 37.0 Å². The molecule has 106 valence electrons. The van der Waals surface area contributed by atoms with Crippen LogP contribution in [0.15, 0.2) is 16.3 Å². The van der Waals surface area contributed by atoms with E-state index in [2.05, 4.69) is 0 Å². The molecule has 19 heavy (non-hydrogen) atoms. The third-order valence-electron chi connectivity index (χ3n) is 4.22. The lowest BCUT2D eigenvalue weighted by Gasteiger charge is -2.36. The normalized spacial score (nSPS) is 31.8. The number of hydrogen-bond acceptors (Lipinski definition) is 4. The van der Waals surface area contributed by atoms with Gasteiger partial charge in [-0.1, -0.05) is 6.92 Å². The van der Waals surface area contributed by atoms with Gasteiger partial charge in [-0.05, 0) is 44.2 Å². The van der Waals surface area contributed by atoms with Crippen molar-refractivity contribution in [2.24, 2.45) is 5.73 Å². The van der Waals surface area contributed by atoms with Crippen molar-refractivity contribution in [2.75, 3.05) is 0 Å². The van der Waals surface area contributed by atoms with Gasteiger partial charge < -0.3 is 5.73 Å². The predicted molar refractivity (Wildman–Crippen MR) is 76.7 cm³/mol. The summed E-state index contributed by atoms with van der Waals surface area (Å²) in [5, 5.41) is 0. The summed E-state index contributed by atoms with van der Waals surface area (Å²) in [4.78, 5) is 1.12. The smallest absolute Gasteiger partial charge is 0.253 e. The first-order valence-electron chi connectivity index (χ1n) is 6.90. The quantitative estimate of drug-likeness (QED) is 0.928. The van der Waals surface area contributed by atoms with E-state index in [1.165, 1.54) is 11.3 Å². The highest BCUT2D eigenvalue weighted by Gasteiger charge is 2.46. The van der Waals surface area contributed by atoms with Gasteiger partial charge in [0.2, 0.25) is 0 Å². The van der Waals surface area contributed by atoms with Crippen molar-refractivity contribution in [1.82, 2.24) is 4.31 Å². The molecule has 2 aliphatic rings. The molecule has 0 aliphatic carbocycles. The number of aryl methyl sites for hydroxylation is 1. The zero-order chi connectivity index (χ0) is 13.6. The van der Waals surface area contributed by atoms with Gasteiger partial charge in [-0.15, -0.1) is 11.3 Å². The Kier molecular flexibility index (Phi) is 3.45. The molecular weight excluding hydrogens is 280 g/mol. The molecular formula is C13H20N2O2S2. The Morgan fingerprint density at radius 1 is 1.32 bits per heavy atom. The van der Waals surface area contributed by atoms with Gasteiger partial charge in [0, 0.05) is 23.0 Å². The topological polar surface area (TPSA) is 63.4 Å². The van der Waals surface area contributed by atoms with Crippen LogP contribution in [0, 0.1) is 0 Å². The summed E-state index contributed by atoms with van der Waals surface area (Å²) in [6.45, 7) is 2.05. The van der Waals surface area contributed by atoms with Crippen LogP contribution in [0.4, 0.5) is 0 Å². The van der Waals surface area contributed by atoms with Crippen LogP contribution in [0.25, 0.3) is 0 Å². The minimum Gasteiger partial charge on any atom is -0.328 e. The van der Waals surface area contributed by atoms with Gasteiger partial charge in [0.25, 0.3) is 10.0 Å². The van der Waals surface area contributed by atoms with Crippen LogP contribution >= 0.6 is 11.3 Å².